The molecule has 0 spiro atoms. The van der Waals surface area contributed by atoms with E-state index in [1.807, 2.05) is 39.8 Å². The van der Waals surface area contributed by atoms with Gasteiger partial charge >= 0.3 is 6.09 Å². The monoisotopic (exact) mass is 275 g/mol. The first-order valence-corrected chi connectivity index (χ1v) is 6.89. The van der Waals surface area contributed by atoms with Gasteiger partial charge in [0.1, 0.15) is 11.9 Å². The molecule has 4 heteroatoms. The van der Waals surface area contributed by atoms with Crippen molar-refractivity contribution in [3.8, 4) is 0 Å². The molecule has 4 nitrogen and oxygen atoms in total. The molecule has 2 rings (SSSR count). The van der Waals surface area contributed by atoms with Crippen LogP contribution in [0.25, 0.3) is 0 Å². The number of amides is 1. The molecule has 0 aromatic heterocycles. The minimum absolute atomic E-state index is 0.0331. The summed E-state index contributed by atoms with van der Waals surface area (Å²) in [6.45, 7) is 8.20. The Morgan fingerprint density at radius 3 is 2.70 bits per heavy atom. The molecule has 1 amide bonds. The normalized spacial score (nSPS) is 18.4. The second kappa shape index (κ2) is 5.27. The van der Waals surface area contributed by atoms with Gasteiger partial charge in [0, 0.05) is 12.1 Å². The molecular formula is C16H21NO3. The number of rotatable bonds is 1. The molecule has 1 aliphatic heterocycles. The predicted octanol–water partition coefficient (Wildman–Crippen LogP) is 3.35. The van der Waals surface area contributed by atoms with Crippen molar-refractivity contribution in [3.63, 3.8) is 0 Å². The Morgan fingerprint density at radius 1 is 1.40 bits per heavy atom. The van der Waals surface area contributed by atoms with E-state index in [0.717, 1.165) is 23.8 Å². The molecule has 1 unspecified atom stereocenters. The van der Waals surface area contributed by atoms with Crippen LogP contribution in [0.2, 0.25) is 0 Å². The minimum Gasteiger partial charge on any atom is -0.444 e. The lowest BCUT2D eigenvalue weighted by Crippen LogP contribution is -2.42. The number of hydrogen-bond acceptors (Lipinski definition) is 3. The molecule has 1 aromatic rings. The SMILES string of the molecule is CC1c2ccc(C=O)cc2CCN1C(=O)OC(C)(C)C. The van der Waals surface area contributed by atoms with E-state index < -0.39 is 5.60 Å². The fraction of sp³-hybridized carbons (Fsp3) is 0.500. The van der Waals surface area contributed by atoms with Gasteiger partial charge in [-0.3, -0.25) is 4.79 Å². The van der Waals surface area contributed by atoms with Gasteiger partial charge in [0.15, 0.2) is 0 Å². The van der Waals surface area contributed by atoms with E-state index >= 15 is 0 Å². The van der Waals surface area contributed by atoms with Crippen molar-refractivity contribution in [2.24, 2.45) is 0 Å². The summed E-state index contributed by atoms with van der Waals surface area (Å²) in [4.78, 5) is 24.8. The summed E-state index contributed by atoms with van der Waals surface area (Å²) in [6, 6.07) is 5.60. The van der Waals surface area contributed by atoms with Gasteiger partial charge in [-0.2, -0.15) is 0 Å². The molecule has 0 fully saturated rings. The zero-order valence-corrected chi connectivity index (χ0v) is 12.5. The fourth-order valence-corrected chi connectivity index (χ4v) is 2.50. The van der Waals surface area contributed by atoms with Crippen LogP contribution in [0.5, 0.6) is 0 Å². The Morgan fingerprint density at radius 2 is 2.10 bits per heavy atom. The molecule has 1 heterocycles. The van der Waals surface area contributed by atoms with E-state index in [-0.39, 0.29) is 12.1 Å². The van der Waals surface area contributed by atoms with Gasteiger partial charge in [0.2, 0.25) is 0 Å². The van der Waals surface area contributed by atoms with Crippen LogP contribution >= 0.6 is 0 Å². The van der Waals surface area contributed by atoms with Gasteiger partial charge in [-0.15, -0.1) is 0 Å². The molecule has 1 aromatic carbocycles. The van der Waals surface area contributed by atoms with Crippen LogP contribution in [-0.2, 0) is 11.2 Å². The molecule has 0 bridgehead atoms. The molecule has 108 valence electrons. The van der Waals surface area contributed by atoms with Gasteiger partial charge < -0.3 is 9.64 Å². The molecule has 0 radical (unpaired) electrons. The fourth-order valence-electron chi connectivity index (χ4n) is 2.50. The topological polar surface area (TPSA) is 46.6 Å². The van der Waals surface area contributed by atoms with E-state index in [0.29, 0.717) is 12.1 Å². The largest absolute Gasteiger partial charge is 0.444 e. The minimum atomic E-state index is -0.488. The smallest absolute Gasteiger partial charge is 0.410 e. The number of carbonyl (C=O) groups excluding carboxylic acids is 2. The summed E-state index contributed by atoms with van der Waals surface area (Å²) < 4.78 is 5.44. The third kappa shape index (κ3) is 3.00. The number of benzene rings is 1. The van der Waals surface area contributed by atoms with E-state index in [2.05, 4.69) is 0 Å². The molecule has 0 aliphatic carbocycles. The van der Waals surface area contributed by atoms with Gasteiger partial charge in [-0.25, -0.2) is 4.79 Å². The number of ether oxygens (including phenoxy) is 1. The van der Waals surface area contributed by atoms with Gasteiger partial charge in [0.25, 0.3) is 0 Å². The van der Waals surface area contributed by atoms with Crippen molar-refractivity contribution >= 4 is 12.4 Å². The standard InChI is InChI=1S/C16H21NO3/c1-11-14-6-5-12(10-18)9-13(14)7-8-17(11)15(19)20-16(2,3)4/h5-6,9-11H,7-8H2,1-4H3. The molecule has 0 saturated heterocycles. The maximum atomic E-state index is 12.2. The van der Waals surface area contributed by atoms with E-state index in [9.17, 15) is 9.59 Å². The quantitative estimate of drug-likeness (QED) is 0.738. The Hall–Kier alpha value is -1.84. The third-order valence-corrected chi connectivity index (χ3v) is 3.47. The number of nitrogens with zero attached hydrogens (tertiary/aromatic N) is 1. The van der Waals surface area contributed by atoms with Crippen LogP contribution in [0.3, 0.4) is 0 Å². The summed E-state index contributed by atoms with van der Waals surface area (Å²) in [7, 11) is 0. The van der Waals surface area contributed by atoms with Gasteiger partial charge in [-0.1, -0.05) is 12.1 Å². The second-order valence-corrected chi connectivity index (χ2v) is 6.18. The van der Waals surface area contributed by atoms with Crippen LogP contribution in [0.4, 0.5) is 4.79 Å². The Bertz CT molecular complexity index is 531. The zero-order valence-electron chi connectivity index (χ0n) is 12.5. The van der Waals surface area contributed by atoms with Crippen LogP contribution in [0.1, 0.15) is 55.2 Å². The lowest BCUT2D eigenvalue weighted by Gasteiger charge is -2.36. The molecular weight excluding hydrogens is 254 g/mol. The summed E-state index contributed by atoms with van der Waals surface area (Å²) in [5, 5.41) is 0. The molecule has 20 heavy (non-hydrogen) atoms. The number of aldehydes is 1. The third-order valence-electron chi connectivity index (χ3n) is 3.47. The Labute approximate surface area is 119 Å². The second-order valence-electron chi connectivity index (χ2n) is 6.18. The van der Waals surface area contributed by atoms with E-state index in [1.54, 1.807) is 11.0 Å². The van der Waals surface area contributed by atoms with Crippen LogP contribution < -0.4 is 0 Å². The molecule has 0 N–H and O–H groups in total. The van der Waals surface area contributed by atoms with Crippen molar-refractivity contribution in [2.75, 3.05) is 6.54 Å². The summed E-state index contributed by atoms with van der Waals surface area (Å²) in [6.07, 6.45) is 1.32. The van der Waals surface area contributed by atoms with Gasteiger partial charge in [-0.05, 0) is 51.3 Å². The van der Waals surface area contributed by atoms with Crippen LogP contribution in [-0.4, -0.2) is 29.4 Å². The summed E-state index contributed by atoms with van der Waals surface area (Å²) >= 11 is 0. The summed E-state index contributed by atoms with van der Waals surface area (Å²) in [5.41, 5.74) is 2.43. The molecule has 1 aliphatic rings. The van der Waals surface area contributed by atoms with Crippen molar-refractivity contribution in [2.45, 2.75) is 45.8 Å². The predicted molar refractivity (Wildman–Crippen MR) is 76.9 cm³/mol. The lowest BCUT2D eigenvalue weighted by molar-refractivity contribution is 0.0159. The average Bonchev–Trinajstić information content (AvgIpc) is 2.36. The van der Waals surface area contributed by atoms with E-state index in [4.69, 9.17) is 4.74 Å². The van der Waals surface area contributed by atoms with Crippen molar-refractivity contribution < 1.29 is 14.3 Å². The Kier molecular flexibility index (Phi) is 3.84. The highest BCUT2D eigenvalue weighted by molar-refractivity contribution is 5.76. The zero-order chi connectivity index (χ0) is 14.9. The number of hydrogen-bond donors (Lipinski definition) is 0. The van der Waals surface area contributed by atoms with Crippen molar-refractivity contribution in [1.82, 2.24) is 4.90 Å². The summed E-state index contributed by atoms with van der Waals surface area (Å²) in [5.74, 6) is 0. The highest BCUT2D eigenvalue weighted by Gasteiger charge is 2.30. The highest BCUT2D eigenvalue weighted by atomic mass is 16.6. The van der Waals surface area contributed by atoms with Crippen LogP contribution in [0, 0.1) is 0 Å². The first kappa shape index (κ1) is 14.6. The Balaban J connectivity index is 2.21. The maximum absolute atomic E-state index is 12.2. The number of fused-ring (bicyclic) bond motifs is 1. The first-order chi connectivity index (χ1) is 9.31. The van der Waals surface area contributed by atoms with Crippen molar-refractivity contribution in [1.29, 1.82) is 0 Å². The van der Waals surface area contributed by atoms with Gasteiger partial charge in [0.05, 0.1) is 6.04 Å². The maximum Gasteiger partial charge on any atom is 0.410 e. The highest BCUT2D eigenvalue weighted by Crippen LogP contribution is 2.31. The first-order valence-electron chi connectivity index (χ1n) is 6.89. The number of carbonyl (C=O) groups is 2. The van der Waals surface area contributed by atoms with Crippen molar-refractivity contribution in [3.05, 3.63) is 34.9 Å². The van der Waals surface area contributed by atoms with Crippen LogP contribution in [0.15, 0.2) is 18.2 Å². The molecule has 0 saturated carbocycles. The average molecular weight is 275 g/mol. The van der Waals surface area contributed by atoms with E-state index in [1.165, 1.54) is 0 Å². The molecule has 1 atom stereocenters. The lowest BCUT2D eigenvalue weighted by atomic mass is 9.92.